The van der Waals surface area contributed by atoms with Crippen LogP contribution in [0.2, 0.25) is 5.02 Å². The molecule has 1 aromatic carbocycles. The zero-order valence-electron chi connectivity index (χ0n) is 10.7. The molecule has 0 unspecified atom stereocenters. The van der Waals surface area contributed by atoms with E-state index in [1.165, 1.54) is 18.2 Å². The van der Waals surface area contributed by atoms with Gasteiger partial charge in [-0.15, -0.1) is 0 Å². The Morgan fingerprint density at radius 1 is 1.40 bits per heavy atom. The van der Waals surface area contributed by atoms with E-state index in [1.807, 2.05) is 6.07 Å². The summed E-state index contributed by atoms with van der Waals surface area (Å²) in [5.41, 5.74) is 1.41. The molecule has 0 atom stereocenters. The maximum Gasteiger partial charge on any atom is 0.265 e. The van der Waals surface area contributed by atoms with Gasteiger partial charge in [0, 0.05) is 0 Å². The van der Waals surface area contributed by atoms with Gasteiger partial charge in [-0.05, 0) is 32.0 Å². The lowest BCUT2D eigenvalue weighted by Crippen LogP contribution is -2.14. The zero-order valence-corrected chi connectivity index (χ0v) is 12.3. The Hall–Kier alpha value is -2.04. The van der Waals surface area contributed by atoms with Gasteiger partial charge in [-0.25, -0.2) is 8.42 Å². The lowest BCUT2D eigenvalue weighted by Gasteiger charge is -2.08. The Morgan fingerprint density at radius 3 is 2.60 bits per heavy atom. The Kier molecular flexibility index (Phi) is 3.70. The number of benzene rings is 1. The molecule has 0 bridgehead atoms. The molecule has 0 fully saturated rings. The topological polar surface area (TPSA) is 98.6 Å². The van der Waals surface area contributed by atoms with Crippen LogP contribution in [0.1, 0.15) is 17.0 Å². The summed E-state index contributed by atoms with van der Waals surface area (Å²) in [7, 11) is -3.75. The molecule has 0 spiro atoms. The molecule has 1 heterocycles. The first-order chi connectivity index (χ1) is 9.35. The van der Waals surface area contributed by atoms with E-state index in [0.29, 0.717) is 11.4 Å². The van der Waals surface area contributed by atoms with Gasteiger partial charge in [-0.2, -0.15) is 10.4 Å². The van der Waals surface area contributed by atoms with Gasteiger partial charge >= 0.3 is 0 Å². The molecule has 2 rings (SSSR count). The van der Waals surface area contributed by atoms with Crippen LogP contribution in [0, 0.1) is 25.2 Å². The summed E-state index contributed by atoms with van der Waals surface area (Å²) in [5.74, 6) is 0. The third kappa shape index (κ3) is 2.61. The van der Waals surface area contributed by atoms with Crippen molar-refractivity contribution in [1.82, 2.24) is 10.2 Å². The Bertz CT molecular complexity index is 786. The molecule has 0 aliphatic rings. The number of aromatic amines is 1. The molecule has 1 aromatic heterocycles. The monoisotopic (exact) mass is 310 g/mol. The molecule has 0 saturated carbocycles. The fourth-order valence-electron chi connectivity index (χ4n) is 1.81. The normalized spacial score (nSPS) is 11.1. The van der Waals surface area contributed by atoms with E-state index in [9.17, 15) is 8.42 Å². The summed E-state index contributed by atoms with van der Waals surface area (Å²) >= 11 is 5.87. The lowest BCUT2D eigenvalue weighted by molar-refractivity contribution is 0.600. The molecule has 0 saturated heterocycles. The van der Waals surface area contributed by atoms with E-state index < -0.39 is 10.0 Å². The number of hydrogen-bond donors (Lipinski definition) is 2. The van der Waals surface area contributed by atoms with Gasteiger partial charge < -0.3 is 0 Å². The second kappa shape index (κ2) is 5.15. The number of hydrogen-bond acceptors (Lipinski definition) is 4. The highest BCUT2D eigenvalue weighted by Crippen LogP contribution is 2.24. The van der Waals surface area contributed by atoms with Crippen molar-refractivity contribution in [2.24, 2.45) is 0 Å². The number of rotatable bonds is 3. The van der Waals surface area contributed by atoms with Crippen LogP contribution in [-0.4, -0.2) is 18.6 Å². The van der Waals surface area contributed by atoms with Crippen molar-refractivity contribution < 1.29 is 8.42 Å². The van der Waals surface area contributed by atoms with Gasteiger partial charge in [0.05, 0.1) is 27.7 Å². The van der Waals surface area contributed by atoms with Crippen LogP contribution in [0.4, 0.5) is 5.69 Å². The van der Waals surface area contributed by atoms with Crippen molar-refractivity contribution in [3.05, 3.63) is 40.2 Å². The minimum Gasteiger partial charge on any atom is -0.281 e. The van der Waals surface area contributed by atoms with Gasteiger partial charge in [0.15, 0.2) is 0 Å². The van der Waals surface area contributed by atoms with Crippen molar-refractivity contribution in [2.75, 3.05) is 4.72 Å². The Labute approximate surface area is 121 Å². The number of H-pyrrole nitrogens is 1. The highest BCUT2D eigenvalue weighted by atomic mass is 35.5. The number of aryl methyl sites for hydroxylation is 2. The summed E-state index contributed by atoms with van der Waals surface area (Å²) < 4.78 is 27.0. The average Bonchev–Trinajstić information content (AvgIpc) is 2.69. The summed E-state index contributed by atoms with van der Waals surface area (Å²) in [6.45, 7) is 3.23. The van der Waals surface area contributed by atoms with Crippen molar-refractivity contribution in [2.45, 2.75) is 18.7 Å². The van der Waals surface area contributed by atoms with Crippen LogP contribution < -0.4 is 4.72 Å². The van der Waals surface area contributed by atoms with Crippen molar-refractivity contribution in [3.63, 3.8) is 0 Å². The third-order valence-electron chi connectivity index (χ3n) is 2.67. The van der Waals surface area contributed by atoms with E-state index in [-0.39, 0.29) is 21.2 Å². The molecule has 0 aliphatic heterocycles. The summed E-state index contributed by atoms with van der Waals surface area (Å²) in [5, 5.41) is 15.4. The van der Waals surface area contributed by atoms with Crippen LogP contribution >= 0.6 is 11.6 Å². The maximum absolute atomic E-state index is 12.3. The zero-order chi connectivity index (χ0) is 14.9. The quantitative estimate of drug-likeness (QED) is 0.909. The molecule has 104 valence electrons. The first-order valence-corrected chi connectivity index (χ1v) is 7.45. The molecule has 2 aromatic rings. The molecule has 6 nitrogen and oxygen atoms in total. The molecular weight excluding hydrogens is 300 g/mol. The summed E-state index contributed by atoms with van der Waals surface area (Å²) in [6.07, 6.45) is 0. The number of nitriles is 1. The van der Waals surface area contributed by atoms with Gasteiger partial charge in [0.1, 0.15) is 11.0 Å². The van der Waals surface area contributed by atoms with E-state index >= 15 is 0 Å². The number of nitrogens with one attached hydrogen (secondary N) is 2. The second-order valence-electron chi connectivity index (χ2n) is 4.18. The second-order valence-corrected chi connectivity index (χ2v) is 6.20. The number of sulfonamides is 1. The number of halogens is 1. The molecule has 2 N–H and O–H groups in total. The minimum absolute atomic E-state index is 0.109. The largest absolute Gasteiger partial charge is 0.281 e. The predicted octanol–water partition coefficient (Wildman–Crippen LogP) is 2.35. The summed E-state index contributed by atoms with van der Waals surface area (Å²) in [4.78, 5) is 0.109. The predicted molar refractivity (Wildman–Crippen MR) is 75.0 cm³/mol. The lowest BCUT2D eigenvalue weighted by atomic mass is 10.2. The van der Waals surface area contributed by atoms with Crippen LogP contribution in [0.15, 0.2) is 23.1 Å². The fraction of sp³-hybridized carbons (Fsp3) is 0.167. The number of aromatic nitrogens is 2. The Morgan fingerprint density at radius 2 is 2.10 bits per heavy atom. The van der Waals surface area contributed by atoms with E-state index in [4.69, 9.17) is 16.9 Å². The SMILES string of the molecule is Cc1n[nH]c(C)c1S(=O)(=O)Nc1ccc(C#N)c(Cl)c1. The van der Waals surface area contributed by atoms with Crippen LogP contribution in [0.25, 0.3) is 0 Å². The molecule has 8 heteroatoms. The van der Waals surface area contributed by atoms with Gasteiger partial charge in [-0.3, -0.25) is 9.82 Å². The highest BCUT2D eigenvalue weighted by molar-refractivity contribution is 7.92. The third-order valence-corrected chi connectivity index (χ3v) is 4.63. The van der Waals surface area contributed by atoms with Crippen molar-refractivity contribution >= 4 is 27.3 Å². The Balaban J connectivity index is 2.39. The van der Waals surface area contributed by atoms with E-state index in [2.05, 4.69) is 14.9 Å². The van der Waals surface area contributed by atoms with Gasteiger partial charge in [0.2, 0.25) is 0 Å². The van der Waals surface area contributed by atoms with E-state index in [1.54, 1.807) is 13.8 Å². The average molecular weight is 311 g/mol. The molecule has 0 radical (unpaired) electrons. The van der Waals surface area contributed by atoms with Crippen LogP contribution in [0.5, 0.6) is 0 Å². The van der Waals surface area contributed by atoms with Gasteiger partial charge in [0.25, 0.3) is 10.0 Å². The van der Waals surface area contributed by atoms with Crippen molar-refractivity contribution in [3.8, 4) is 6.07 Å². The van der Waals surface area contributed by atoms with E-state index in [0.717, 1.165) is 0 Å². The van der Waals surface area contributed by atoms with Crippen LogP contribution in [0.3, 0.4) is 0 Å². The first kappa shape index (κ1) is 14.4. The van der Waals surface area contributed by atoms with Gasteiger partial charge in [-0.1, -0.05) is 11.6 Å². The standard InChI is InChI=1S/C12H11ClN4O2S/c1-7-12(8(2)16-15-7)20(18,19)17-10-4-3-9(6-14)11(13)5-10/h3-5,17H,1-2H3,(H,15,16). The van der Waals surface area contributed by atoms with Crippen molar-refractivity contribution in [1.29, 1.82) is 5.26 Å². The number of nitrogens with zero attached hydrogens (tertiary/aromatic N) is 2. The number of anilines is 1. The fourth-order valence-corrected chi connectivity index (χ4v) is 3.46. The minimum atomic E-state index is -3.75. The molecule has 0 amide bonds. The first-order valence-electron chi connectivity index (χ1n) is 5.59. The highest BCUT2D eigenvalue weighted by Gasteiger charge is 2.22. The molecule has 20 heavy (non-hydrogen) atoms. The summed E-state index contributed by atoms with van der Waals surface area (Å²) in [6, 6.07) is 6.23. The molecule has 0 aliphatic carbocycles. The maximum atomic E-state index is 12.3. The smallest absolute Gasteiger partial charge is 0.265 e. The molecular formula is C12H11ClN4O2S. The van der Waals surface area contributed by atoms with Crippen LogP contribution in [-0.2, 0) is 10.0 Å².